The lowest BCUT2D eigenvalue weighted by molar-refractivity contribution is 0.0747. The number of hydrogen-bond acceptors (Lipinski definition) is 3. The second kappa shape index (κ2) is 7.85. The van der Waals surface area contributed by atoms with Crippen LogP contribution in [0.15, 0.2) is 12.7 Å². The number of hydrazine groups is 1. The lowest BCUT2D eigenvalue weighted by Crippen LogP contribution is -2.43. The van der Waals surface area contributed by atoms with Gasteiger partial charge in [0, 0.05) is 12.6 Å². The van der Waals surface area contributed by atoms with Gasteiger partial charge in [-0.2, -0.15) is 0 Å². The van der Waals surface area contributed by atoms with E-state index in [1.165, 1.54) is 25.7 Å². The second-order valence-electron chi connectivity index (χ2n) is 4.25. The predicted molar refractivity (Wildman–Crippen MR) is 63.4 cm³/mol. The molecule has 0 amide bonds. The summed E-state index contributed by atoms with van der Waals surface area (Å²) in [5, 5.41) is 0. The Hall–Kier alpha value is -0.380. The third-order valence-electron chi connectivity index (χ3n) is 3.05. The SMILES string of the molecule is C=CCCCCCC(NN)C1CCCO1. The summed E-state index contributed by atoms with van der Waals surface area (Å²) in [5.74, 6) is 5.55. The first kappa shape index (κ1) is 12.7. The fourth-order valence-electron chi connectivity index (χ4n) is 2.13. The molecule has 1 heterocycles. The van der Waals surface area contributed by atoms with Gasteiger partial charge in [-0.3, -0.25) is 11.3 Å². The van der Waals surface area contributed by atoms with Crippen molar-refractivity contribution in [3.8, 4) is 0 Å². The molecule has 0 radical (unpaired) electrons. The Morgan fingerprint density at radius 2 is 2.33 bits per heavy atom. The molecular formula is C12H24N2O. The molecule has 1 aliphatic heterocycles. The molecule has 0 aromatic heterocycles. The lowest BCUT2D eigenvalue weighted by Gasteiger charge is -2.21. The first-order valence-corrected chi connectivity index (χ1v) is 6.07. The summed E-state index contributed by atoms with van der Waals surface area (Å²) in [5.41, 5.74) is 2.89. The molecule has 0 spiro atoms. The highest BCUT2D eigenvalue weighted by Crippen LogP contribution is 2.19. The monoisotopic (exact) mass is 212 g/mol. The van der Waals surface area contributed by atoms with Crippen LogP contribution in [0.3, 0.4) is 0 Å². The summed E-state index contributed by atoms with van der Waals surface area (Å²) in [6.45, 7) is 4.62. The topological polar surface area (TPSA) is 47.3 Å². The molecule has 2 unspecified atom stereocenters. The van der Waals surface area contributed by atoms with Crippen molar-refractivity contribution in [3.63, 3.8) is 0 Å². The first-order chi connectivity index (χ1) is 7.38. The van der Waals surface area contributed by atoms with Crippen LogP contribution in [0, 0.1) is 0 Å². The molecule has 1 fully saturated rings. The molecule has 2 atom stereocenters. The van der Waals surface area contributed by atoms with Gasteiger partial charge in [0.05, 0.1) is 6.10 Å². The Labute approximate surface area is 93.0 Å². The van der Waals surface area contributed by atoms with Crippen LogP contribution in [-0.2, 0) is 4.74 Å². The van der Waals surface area contributed by atoms with Crippen LogP contribution in [0.1, 0.15) is 44.9 Å². The molecule has 1 aliphatic rings. The minimum atomic E-state index is 0.342. The minimum Gasteiger partial charge on any atom is -0.377 e. The van der Waals surface area contributed by atoms with E-state index in [0.717, 1.165) is 25.9 Å². The highest BCUT2D eigenvalue weighted by atomic mass is 16.5. The van der Waals surface area contributed by atoms with Crippen molar-refractivity contribution in [1.82, 2.24) is 5.43 Å². The van der Waals surface area contributed by atoms with E-state index in [0.29, 0.717) is 12.1 Å². The number of unbranched alkanes of at least 4 members (excludes halogenated alkanes) is 3. The number of nitrogens with one attached hydrogen (secondary N) is 1. The maximum absolute atomic E-state index is 5.63. The number of hydrogen-bond donors (Lipinski definition) is 2. The summed E-state index contributed by atoms with van der Waals surface area (Å²) in [6, 6.07) is 0.344. The second-order valence-corrected chi connectivity index (χ2v) is 4.25. The molecule has 3 heteroatoms. The van der Waals surface area contributed by atoms with E-state index in [-0.39, 0.29) is 0 Å². The van der Waals surface area contributed by atoms with E-state index in [2.05, 4.69) is 12.0 Å². The third-order valence-corrected chi connectivity index (χ3v) is 3.05. The summed E-state index contributed by atoms with van der Waals surface area (Å²) >= 11 is 0. The van der Waals surface area contributed by atoms with Crippen molar-refractivity contribution in [2.45, 2.75) is 57.1 Å². The van der Waals surface area contributed by atoms with E-state index < -0.39 is 0 Å². The van der Waals surface area contributed by atoms with Gasteiger partial charge in [-0.15, -0.1) is 6.58 Å². The van der Waals surface area contributed by atoms with Crippen molar-refractivity contribution in [1.29, 1.82) is 0 Å². The van der Waals surface area contributed by atoms with Gasteiger partial charge in [0.25, 0.3) is 0 Å². The Morgan fingerprint density at radius 3 is 2.93 bits per heavy atom. The zero-order chi connectivity index (χ0) is 10.9. The Kier molecular flexibility index (Phi) is 6.64. The quantitative estimate of drug-likeness (QED) is 0.280. The molecular weight excluding hydrogens is 188 g/mol. The van der Waals surface area contributed by atoms with Crippen LogP contribution in [0.25, 0.3) is 0 Å². The molecule has 0 aliphatic carbocycles. The maximum atomic E-state index is 5.63. The Balaban J connectivity index is 2.07. The molecule has 88 valence electrons. The fourth-order valence-corrected chi connectivity index (χ4v) is 2.13. The summed E-state index contributed by atoms with van der Waals surface area (Å²) < 4.78 is 5.63. The van der Waals surface area contributed by atoms with Crippen molar-refractivity contribution in [3.05, 3.63) is 12.7 Å². The minimum absolute atomic E-state index is 0.342. The van der Waals surface area contributed by atoms with E-state index in [9.17, 15) is 0 Å². The number of nitrogens with two attached hydrogens (primary N) is 1. The van der Waals surface area contributed by atoms with Gasteiger partial charge in [0.15, 0.2) is 0 Å². The lowest BCUT2D eigenvalue weighted by atomic mass is 10.0. The van der Waals surface area contributed by atoms with Gasteiger partial charge in [-0.25, -0.2) is 0 Å². The Bertz CT molecular complexity index is 167. The van der Waals surface area contributed by atoms with Crippen LogP contribution in [0.4, 0.5) is 0 Å². The van der Waals surface area contributed by atoms with Crippen molar-refractivity contribution in [2.75, 3.05) is 6.61 Å². The smallest absolute Gasteiger partial charge is 0.0742 e. The van der Waals surface area contributed by atoms with E-state index in [1.54, 1.807) is 0 Å². The van der Waals surface area contributed by atoms with Gasteiger partial charge in [-0.05, 0) is 32.1 Å². The summed E-state index contributed by atoms with van der Waals surface area (Å²) in [4.78, 5) is 0. The number of ether oxygens (including phenoxy) is 1. The molecule has 0 saturated carbocycles. The van der Waals surface area contributed by atoms with Gasteiger partial charge in [0.1, 0.15) is 0 Å². The van der Waals surface area contributed by atoms with Gasteiger partial charge in [0.2, 0.25) is 0 Å². The first-order valence-electron chi connectivity index (χ1n) is 6.07. The van der Waals surface area contributed by atoms with Gasteiger partial charge < -0.3 is 4.74 Å². The molecule has 1 rings (SSSR count). The fraction of sp³-hybridized carbons (Fsp3) is 0.833. The van der Waals surface area contributed by atoms with Crippen LogP contribution in [0.5, 0.6) is 0 Å². The summed E-state index contributed by atoms with van der Waals surface area (Å²) in [7, 11) is 0. The van der Waals surface area contributed by atoms with E-state index in [1.807, 2.05) is 6.08 Å². The number of rotatable bonds is 8. The molecule has 3 nitrogen and oxygen atoms in total. The van der Waals surface area contributed by atoms with Crippen LogP contribution >= 0.6 is 0 Å². The predicted octanol–water partition coefficient (Wildman–Crippen LogP) is 2.13. The third kappa shape index (κ3) is 4.78. The van der Waals surface area contributed by atoms with E-state index in [4.69, 9.17) is 10.6 Å². The molecule has 1 saturated heterocycles. The molecule has 0 aromatic carbocycles. The van der Waals surface area contributed by atoms with Crippen molar-refractivity contribution in [2.24, 2.45) is 5.84 Å². The van der Waals surface area contributed by atoms with Gasteiger partial charge >= 0.3 is 0 Å². The van der Waals surface area contributed by atoms with E-state index >= 15 is 0 Å². The molecule has 0 aromatic rings. The van der Waals surface area contributed by atoms with Crippen molar-refractivity contribution >= 4 is 0 Å². The highest BCUT2D eigenvalue weighted by molar-refractivity contribution is 4.78. The largest absolute Gasteiger partial charge is 0.377 e. The highest BCUT2D eigenvalue weighted by Gasteiger charge is 2.24. The normalized spacial score (nSPS) is 22.9. The molecule has 15 heavy (non-hydrogen) atoms. The molecule has 3 N–H and O–H groups in total. The van der Waals surface area contributed by atoms with Gasteiger partial charge in [-0.1, -0.05) is 18.9 Å². The zero-order valence-corrected chi connectivity index (χ0v) is 9.58. The van der Waals surface area contributed by atoms with Crippen LogP contribution < -0.4 is 11.3 Å². The van der Waals surface area contributed by atoms with Crippen LogP contribution in [0.2, 0.25) is 0 Å². The number of allylic oxidation sites excluding steroid dienone is 1. The zero-order valence-electron chi connectivity index (χ0n) is 9.58. The average Bonchev–Trinajstić information content (AvgIpc) is 2.77. The standard InChI is InChI=1S/C12H24N2O/c1-2-3-4-5-6-8-11(14-13)12-9-7-10-15-12/h2,11-12,14H,1,3-10,13H2. The Morgan fingerprint density at radius 1 is 1.47 bits per heavy atom. The maximum Gasteiger partial charge on any atom is 0.0742 e. The molecule has 0 bridgehead atoms. The average molecular weight is 212 g/mol. The van der Waals surface area contributed by atoms with Crippen LogP contribution in [-0.4, -0.2) is 18.8 Å². The van der Waals surface area contributed by atoms with Crippen molar-refractivity contribution < 1.29 is 4.74 Å². The summed E-state index contributed by atoms with van der Waals surface area (Å²) in [6.07, 6.45) is 10.6.